The van der Waals surface area contributed by atoms with E-state index < -0.39 is 29.4 Å². The standard InChI is InChI=1S/C20H18F3NO4/c21-20(22,23)28-16-8-4-5-14(13-16)17(25)24-11-9-19(10-12-24,18(26)27)15-6-2-1-3-7-15/h1-8,13H,9-12H2,(H,26,27). The van der Waals surface area contributed by atoms with Gasteiger partial charge in [-0.1, -0.05) is 36.4 Å². The molecule has 1 aliphatic heterocycles. The molecule has 1 heterocycles. The van der Waals surface area contributed by atoms with Crippen molar-refractivity contribution >= 4 is 11.9 Å². The molecule has 3 rings (SSSR count). The van der Waals surface area contributed by atoms with Gasteiger partial charge in [0.05, 0.1) is 5.41 Å². The Bertz CT molecular complexity index is 859. The number of likely N-dealkylation sites (tertiary alicyclic amines) is 1. The van der Waals surface area contributed by atoms with E-state index in [4.69, 9.17) is 0 Å². The lowest BCUT2D eigenvalue weighted by molar-refractivity contribution is -0.274. The Morgan fingerprint density at radius 3 is 2.21 bits per heavy atom. The zero-order valence-corrected chi connectivity index (χ0v) is 14.8. The van der Waals surface area contributed by atoms with E-state index in [9.17, 15) is 27.9 Å². The van der Waals surface area contributed by atoms with Gasteiger partial charge in [-0.2, -0.15) is 0 Å². The highest BCUT2D eigenvalue weighted by Crippen LogP contribution is 2.36. The van der Waals surface area contributed by atoms with Crippen LogP contribution in [0.2, 0.25) is 0 Å². The first kappa shape index (κ1) is 19.7. The van der Waals surface area contributed by atoms with E-state index in [0.717, 1.165) is 12.1 Å². The van der Waals surface area contributed by atoms with Gasteiger partial charge in [0.15, 0.2) is 0 Å². The number of alkyl halides is 3. The lowest BCUT2D eigenvalue weighted by Gasteiger charge is -2.39. The van der Waals surface area contributed by atoms with E-state index in [1.54, 1.807) is 30.3 Å². The summed E-state index contributed by atoms with van der Waals surface area (Å²) in [6.45, 7) is 0.370. The minimum atomic E-state index is -4.84. The van der Waals surface area contributed by atoms with Crippen LogP contribution in [0.1, 0.15) is 28.8 Å². The van der Waals surface area contributed by atoms with Crippen molar-refractivity contribution < 1.29 is 32.6 Å². The van der Waals surface area contributed by atoms with Gasteiger partial charge in [-0.3, -0.25) is 9.59 Å². The Labute approximate surface area is 159 Å². The van der Waals surface area contributed by atoms with Gasteiger partial charge in [0.1, 0.15) is 5.75 Å². The van der Waals surface area contributed by atoms with Crippen LogP contribution in [0.4, 0.5) is 13.2 Å². The predicted molar refractivity (Wildman–Crippen MR) is 94.0 cm³/mol. The van der Waals surface area contributed by atoms with E-state index in [-0.39, 0.29) is 31.5 Å². The smallest absolute Gasteiger partial charge is 0.481 e. The summed E-state index contributed by atoms with van der Waals surface area (Å²) in [5.41, 5.74) is -0.348. The van der Waals surface area contributed by atoms with Crippen LogP contribution in [0.5, 0.6) is 5.75 Å². The molecule has 5 nitrogen and oxygen atoms in total. The first-order valence-electron chi connectivity index (χ1n) is 8.65. The van der Waals surface area contributed by atoms with Crippen LogP contribution in [0, 0.1) is 0 Å². The zero-order valence-electron chi connectivity index (χ0n) is 14.8. The maximum absolute atomic E-state index is 12.7. The highest BCUT2D eigenvalue weighted by atomic mass is 19.4. The maximum Gasteiger partial charge on any atom is 0.573 e. The summed E-state index contributed by atoms with van der Waals surface area (Å²) in [5, 5.41) is 9.80. The lowest BCUT2D eigenvalue weighted by atomic mass is 9.73. The Balaban J connectivity index is 1.75. The van der Waals surface area contributed by atoms with Gasteiger partial charge in [-0.05, 0) is 36.6 Å². The van der Waals surface area contributed by atoms with Crippen molar-refractivity contribution in [2.75, 3.05) is 13.1 Å². The number of carboxylic acids is 1. The van der Waals surface area contributed by atoms with Crippen molar-refractivity contribution in [3.05, 3.63) is 65.7 Å². The summed E-state index contributed by atoms with van der Waals surface area (Å²) < 4.78 is 41.0. The molecule has 1 saturated heterocycles. The number of aliphatic carboxylic acids is 1. The van der Waals surface area contributed by atoms with Crippen LogP contribution in [-0.4, -0.2) is 41.3 Å². The van der Waals surface area contributed by atoms with Crippen molar-refractivity contribution in [2.24, 2.45) is 0 Å². The van der Waals surface area contributed by atoms with E-state index in [1.165, 1.54) is 17.0 Å². The number of ether oxygens (including phenoxy) is 1. The van der Waals surface area contributed by atoms with E-state index in [0.29, 0.717) is 5.56 Å². The average molecular weight is 393 g/mol. The van der Waals surface area contributed by atoms with Gasteiger partial charge >= 0.3 is 12.3 Å². The highest BCUT2D eigenvalue weighted by molar-refractivity contribution is 5.95. The SMILES string of the molecule is O=C(c1cccc(OC(F)(F)F)c1)N1CCC(C(=O)O)(c2ccccc2)CC1. The Morgan fingerprint density at radius 1 is 1.00 bits per heavy atom. The summed E-state index contributed by atoms with van der Waals surface area (Å²) in [6, 6.07) is 13.7. The fraction of sp³-hybridized carbons (Fsp3) is 0.300. The number of hydrogen-bond donors (Lipinski definition) is 1. The second kappa shape index (κ2) is 7.53. The molecule has 148 valence electrons. The normalized spacial score (nSPS) is 16.5. The first-order valence-corrected chi connectivity index (χ1v) is 8.65. The summed E-state index contributed by atoms with van der Waals surface area (Å²) in [5.74, 6) is -1.88. The summed E-state index contributed by atoms with van der Waals surface area (Å²) >= 11 is 0. The van der Waals surface area contributed by atoms with E-state index in [1.807, 2.05) is 0 Å². The zero-order chi connectivity index (χ0) is 20.4. The molecule has 1 fully saturated rings. The predicted octanol–water partition coefficient (Wildman–Crippen LogP) is 3.84. The third-order valence-corrected chi connectivity index (χ3v) is 4.95. The quantitative estimate of drug-likeness (QED) is 0.857. The van der Waals surface area contributed by atoms with Crippen molar-refractivity contribution in [1.82, 2.24) is 4.90 Å². The number of carbonyl (C=O) groups excluding carboxylic acids is 1. The minimum absolute atomic E-state index is 0.0595. The average Bonchev–Trinajstić information content (AvgIpc) is 2.67. The molecule has 0 radical (unpaired) electrons. The molecule has 1 N–H and O–H groups in total. The van der Waals surface area contributed by atoms with Crippen molar-refractivity contribution in [3.63, 3.8) is 0 Å². The summed E-state index contributed by atoms with van der Waals surface area (Å²) in [6.07, 6.45) is -4.41. The second-order valence-electron chi connectivity index (χ2n) is 6.62. The van der Waals surface area contributed by atoms with Gasteiger partial charge in [0.25, 0.3) is 5.91 Å². The summed E-state index contributed by atoms with van der Waals surface area (Å²) in [7, 11) is 0. The van der Waals surface area contributed by atoms with Crippen LogP contribution in [0.25, 0.3) is 0 Å². The number of benzene rings is 2. The molecule has 28 heavy (non-hydrogen) atoms. The monoisotopic (exact) mass is 393 g/mol. The van der Waals surface area contributed by atoms with Gasteiger partial charge in [0.2, 0.25) is 0 Å². The number of halogens is 3. The third-order valence-electron chi connectivity index (χ3n) is 4.95. The molecular weight excluding hydrogens is 375 g/mol. The van der Waals surface area contributed by atoms with E-state index >= 15 is 0 Å². The van der Waals surface area contributed by atoms with Crippen molar-refractivity contribution in [2.45, 2.75) is 24.6 Å². The number of rotatable bonds is 4. The highest BCUT2D eigenvalue weighted by Gasteiger charge is 2.44. The van der Waals surface area contributed by atoms with Crippen LogP contribution >= 0.6 is 0 Å². The molecule has 0 bridgehead atoms. The maximum atomic E-state index is 12.7. The molecule has 2 aromatic rings. The molecule has 0 saturated carbocycles. The number of piperidine rings is 1. The van der Waals surface area contributed by atoms with Crippen molar-refractivity contribution in [3.8, 4) is 5.75 Å². The number of amides is 1. The van der Waals surface area contributed by atoms with Gasteiger partial charge < -0.3 is 14.7 Å². The van der Waals surface area contributed by atoms with Gasteiger partial charge in [0, 0.05) is 18.7 Å². The minimum Gasteiger partial charge on any atom is -0.481 e. The molecular formula is C20H18F3NO4. The molecule has 0 spiro atoms. The van der Waals surface area contributed by atoms with Crippen LogP contribution in [0.15, 0.2) is 54.6 Å². The third kappa shape index (κ3) is 4.11. The van der Waals surface area contributed by atoms with Crippen molar-refractivity contribution in [1.29, 1.82) is 0 Å². The number of hydrogen-bond acceptors (Lipinski definition) is 3. The summed E-state index contributed by atoms with van der Waals surface area (Å²) in [4.78, 5) is 26.1. The Kier molecular flexibility index (Phi) is 5.31. The molecule has 0 unspecified atom stereocenters. The van der Waals surface area contributed by atoms with Crippen LogP contribution in [0.3, 0.4) is 0 Å². The Hall–Kier alpha value is -3.03. The fourth-order valence-electron chi connectivity index (χ4n) is 3.48. The molecule has 0 aliphatic carbocycles. The van der Waals surface area contributed by atoms with Crippen LogP contribution < -0.4 is 4.74 Å². The number of carbonyl (C=O) groups is 2. The van der Waals surface area contributed by atoms with E-state index in [2.05, 4.69) is 4.74 Å². The van der Waals surface area contributed by atoms with Gasteiger partial charge in [-0.25, -0.2) is 0 Å². The molecule has 1 amide bonds. The van der Waals surface area contributed by atoms with Gasteiger partial charge in [-0.15, -0.1) is 13.2 Å². The molecule has 0 aromatic heterocycles. The second-order valence-corrected chi connectivity index (χ2v) is 6.62. The molecule has 1 aliphatic rings. The molecule has 8 heteroatoms. The lowest BCUT2D eigenvalue weighted by Crippen LogP contribution is -2.49. The largest absolute Gasteiger partial charge is 0.573 e. The fourth-order valence-corrected chi connectivity index (χ4v) is 3.48. The first-order chi connectivity index (χ1) is 13.2. The molecule has 0 atom stereocenters. The van der Waals surface area contributed by atoms with Crippen LogP contribution in [-0.2, 0) is 10.2 Å². The Morgan fingerprint density at radius 2 is 1.64 bits per heavy atom. The molecule has 2 aromatic carbocycles. The number of nitrogens with zero attached hydrogens (tertiary/aromatic N) is 1. The topological polar surface area (TPSA) is 66.8 Å². The number of carboxylic acid groups (broad SMARTS) is 1.